The summed E-state index contributed by atoms with van der Waals surface area (Å²) in [4.78, 5) is 15.1. The Balaban J connectivity index is 1.45. The van der Waals surface area contributed by atoms with Crippen molar-refractivity contribution >= 4 is 5.97 Å². The Morgan fingerprint density at radius 3 is 2.71 bits per heavy atom. The van der Waals surface area contributed by atoms with Gasteiger partial charge in [-0.1, -0.05) is 12.1 Å². The Hall–Kier alpha value is -1.59. The van der Waals surface area contributed by atoms with E-state index in [1.165, 1.54) is 11.1 Å². The lowest BCUT2D eigenvalue weighted by molar-refractivity contribution is -0.138. The Labute approximate surface area is 125 Å². The van der Waals surface area contributed by atoms with E-state index in [-0.39, 0.29) is 6.54 Å². The van der Waals surface area contributed by atoms with Crippen molar-refractivity contribution < 1.29 is 14.6 Å². The first-order chi connectivity index (χ1) is 10.2. The van der Waals surface area contributed by atoms with Gasteiger partial charge in [-0.15, -0.1) is 0 Å². The molecule has 0 radical (unpaired) electrons. The van der Waals surface area contributed by atoms with Crippen molar-refractivity contribution in [3.63, 3.8) is 0 Å². The second-order valence-corrected chi connectivity index (χ2v) is 5.80. The molecule has 1 aromatic rings. The van der Waals surface area contributed by atoms with E-state index in [0.29, 0.717) is 0 Å². The van der Waals surface area contributed by atoms with Crippen LogP contribution in [-0.2, 0) is 17.6 Å². The van der Waals surface area contributed by atoms with Crippen LogP contribution in [0.1, 0.15) is 11.1 Å². The second-order valence-electron chi connectivity index (χ2n) is 5.80. The molecular weight excluding hydrogens is 268 g/mol. The highest BCUT2D eigenvalue weighted by atomic mass is 16.5. The molecule has 0 unspecified atom stereocenters. The highest BCUT2D eigenvalue weighted by Gasteiger charge is 2.18. The number of carboxylic acid groups (broad SMARTS) is 1. The van der Waals surface area contributed by atoms with Crippen LogP contribution in [0.4, 0.5) is 0 Å². The van der Waals surface area contributed by atoms with Crippen LogP contribution in [0.15, 0.2) is 18.2 Å². The van der Waals surface area contributed by atoms with E-state index < -0.39 is 5.97 Å². The highest BCUT2D eigenvalue weighted by molar-refractivity contribution is 5.69. The normalized spacial score (nSPS) is 19.2. The molecule has 2 aliphatic heterocycles. The number of ether oxygens (including phenoxy) is 1. The SMILES string of the molecule is O=C(O)CN1CCN(CCc2ccc3c(c2)CCO3)CC1. The lowest BCUT2D eigenvalue weighted by Crippen LogP contribution is -2.48. The van der Waals surface area contributed by atoms with Crippen molar-refractivity contribution in [1.29, 1.82) is 0 Å². The Bertz CT molecular complexity index is 510. The number of fused-ring (bicyclic) bond motifs is 1. The van der Waals surface area contributed by atoms with Crippen LogP contribution in [-0.4, -0.2) is 66.8 Å². The van der Waals surface area contributed by atoms with Gasteiger partial charge in [0.15, 0.2) is 0 Å². The molecule has 5 nitrogen and oxygen atoms in total. The monoisotopic (exact) mass is 290 g/mol. The smallest absolute Gasteiger partial charge is 0.317 e. The molecule has 1 N–H and O–H groups in total. The molecule has 1 fully saturated rings. The standard InChI is InChI=1S/C16H22N2O3/c19-16(20)12-18-8-6-17(7-9-18)5-3-13-1-2-15-14(11-13)4-10-21-15/h1-2,11H,3-10,12H2,(H,19,20). The second kappa shape index (κ2) is 6.45. The third kappa shape index (κ3) is 3.74. The number of piperazine rings is 1. The van der Waals surface area contributed by atoms with Crippen molar-refractivity contribution in [1.82, 2.24) is 9.80 Å². The first kappa shape index (κ1) is 14.4. The van der Waals surface area contributed by atoms with E-state index in [2.05, 4.69) is 23.1 Å². The van der Waals surface area contributed by atoms with Gasteiger partial charge in [-0.25, -0.2) is 0 Å². The van der Waals surface area contributed by atoms with E-state index in [1.54, 1.807) is 0 Å². The van der Waals surface area contributed by atoms with Gasteiger partial charge in [-0.05, 0) is 23.6 Å². The van der Waals surface area contributed by atoms with Gasteiger partial charge >= 0.3 is 5.97 Å². The van der Waals surface area contributed by atoms with Gasteiger partial charge in [0, 0.05) is 39.1 Å². The zero-order valence-corrected chi connectivity index (χ0v) is 12.3. The Morgan fingerprint density at radius 1 is 1.19 bits per heavy atom. The average molecular weight is 290 g/mol. The molecule has 3 rings (SSSR count). The minimum Gasteiger partial charge on any atom is -0.493 e. The van der Waals surface area contributed by atoms with Gasteiger partial charge < -0.3 is 14.7 Å². The molecule has 0 atom stereocenters. The van der Waals surface area contributed by atoms with E-state index in [1.807, 2.05) is 4.90 Å². The van der Waals surface area contributed by atoms with Gasteiger partial charge in [-0.3, -0.25) is 9.69 Å². The van der Waals surface area contributed by atoms with Crippen molar-refractivity contribution in [3.05, 3.63) is 29.3 Å². The number of aliphatic carboxylic acids is 1. The summed E-state index contributed by atoms with van der Waals surface area (Å²) in [7, 11) is 0. The third-order valence-electron chi connectivity index (χ3n) is 4.29. The Morgan fingerprint density at radius 2 is 1.95 bits per heavy atom. The minimum atomic E-state index is -0.733. The molecule has 1 aromatic carbocycles. The third-order valence-corrected chi connectivity index (χ3v) is 4.29. The molecule has 2 heterocycles. The molecule has 5 heteroatoms. The van der Waals surface area contributed by atoms with Gasteiger partial charge in [0.05, 0.1) is 13.2 Å². The van der Waals surface area contributed by atoms with E-state index in [9.17, 15) is 4.79 Å². The number of carboxylic acids is 1. The van der Waals surface area contributed by atoms with Crippen LogP contribution in [0.5, 0.6) is 5.75 Å². The van der Waals surface area contributed by atoms with Crippen LogP contribution in [0.25, 0.3) is 0 Å². The molecule has 114 valence electrons. The van der Waals surface area contributed by atoms with E-state index in [4.69, 9.17) is 9.84 Å². The first-order valence-corrected chi connectivity index (χ1v) is 7.62. The van der Waals surface area contributed by atoms with Crippen molar-refractivity contribution in [3.8, 4) is 5.75 Å². The van der Waals surface area contributed by atoms with Crippen LogP contribution in [0.2, 0.25) is 0 Å². The number of carbonyl (C=O) groups is 1. The summed E-state index contributed by atoms with van der Waals surface area (Å²) in [5.74, 6) is 0.310. The quantitative estimate of drug-likeness (QED) is 0.872. The highest BCUT2D eigenvalue weighted by Crippen LogP contribution is 2.26. The minimum absolute atomic E-state index is 0.165. The van der Waals surface area contributed by atoms with Crippen molar-refractivity contribution in [2.24, 2.45) is 0 Å². The summed E-state index contributed by atoms with van der Waals surface area (Å²) < 4.78 is 5.53. The summed E-state index contributed by atoms with van der Waals surface area (Å²) in [6.07, 6.45) is 2.07. The lowest BCUT2D eigenvalue weighted by atomic mass is 10.1. The topological polar surface area (TPSA) is 53.0 Å². The fourth-order valence-corrected chi connectivity index (χ4v) is 3.04. The van der Waals surface area contributed by atoms with Crippen molar-refractivity contribution in [2.75, 3.05) is 45.9 Å². The summed E-state index contributed by atoms with van der Waals surface area (Å²) in [6, 6.07) is 6.51. The largest absolute Gasteiger partial charge is 0.493 e. The number of hydrogen-bond donors (Lipinski definition) is 1. The van der Waals surface area contributed by atoms with Gasteiger partial charge in [0.2, 0.25) is 0 Å². The molecule has 0 bridgehead atoms. The zero-order chi connectivity index (χ0) is 14.7. The van der Waals surface area contributed by atoms with Crippen LogP contribution < -0.4 is 4.74 Å². The van der Waals surface area contributed by atoms with Gasteiger partial charge in [0.25, 0.3) is 0 Å². The van der Waals surface area contributed by atoms with Gasteiger partial charge in [0.1, 0.15) is 5.75 Å². The van der Waals surface area contributed by atoms with Gasteiger partial charge in [-0.2, -0.15) is 0 Å². The molecule has 1 saturated heterocycles. The predicted octanol–water partition coefficient (Wildman–Crippen LogP) is 0.866. The molecule has 21 heavy (non-hydrogen) atoms. The lowest BCUT2D eigenvalue weighted by Gasteiger charge is -2.33. The van der Waals surface area contributed by atoms with E-state index >= 15 is 0 Å². The maximum absolute atomic E-state index is 10.7. The van der Waals surface area contributed by atoms with Crippen LogP contribution in [0.3, 0.4) is 0 Å². The molecular formula is C16H22N2O3. The fraction of sp³-hybridized carbons (Fsp3) is 0.562. The fourth-order valence-electron chi connectivity index (χ4n) is 3.04. The van der Waals surface area contributed by atoms with E-state index in [0.717, 1.165) is 57.9 Å². The first-order valence-electron chi connectivity index (χ1n) is 7.62. The van der Waals surface area contributed by atoms with Crippen molar-refractivity contribution in [2.45, 2.75) is 12.8 Å². The predicted molar refractivity (Wildman–Crippen MR) is 79.9 cm³/mol. The van der Waals surface area contributed by atoms with Crippen LogP contribution in [0, 0.1) is 0 Å². The summed E-state index contributed by atoms with van der Waals surface area (Å²) in [5.41, 5.74) is 2.70. The number of hydrogen-bond acceptors (Lipinski definition) is 4. The average Bonchev–Trinajstić information content (AvgIpc) is 2.93. The maximum atomic E-state index is 10.7. The molecule has 0 aromatic heterocycles. The summed E-state index contributed by atoms with van der Waals surface area (Å²) in [6.45, 7) is 5.64. The maximum Gasteiger partial charge on any atom is 0.317 e. The number of benzene rings is 1. The molecule has 0 amide bonds. The van der Waals surface area contributed by atoms with Crippen LogP contribution >= 0.6 is 0 Å². The number of rotatable bonds is 5. The number of nitrogens with zero attached hydrogens (tertiary/aromatic N) is 2. The Kier molecular flexibility index (Phi) is 4.41. The summed E-state index contributed by atoms with van der Waals surface area (Å²) >= 11 is 0. The molecule has 0 saturated carbocycles. The zero-order valence-electron chi connectivity index (χ0n) is 12.3. The molecule has 2 aliphatic rings. The molecule has 0 aliphatic carbocycles. The summed E-state index contributed by atoms with van der Waals surface area (Å²) in [5, 5.41) is 8.80. The molecule has 0 spiro atoms.